The highest BCUT2D eigenvalue weighted by Gasteiger charge is 2.24. The van der Waals surface area contributed by atoms with E-state index < -0.39 is 0 Å². The van der Waals surface area contributed by atoms with Gasteiger partial charge in [-0.3, -0.25) is 4.79 Å². The monoisotopic (exact) mass is 448 g/mol. The van der Waals surface area contributed by atoms with Gasteiger partial charge in [-0.25, -0.2) is 4.99 Å². The first-order valence-corrected chi connectivity index (χ1v) is 11.2. The average molecular weight is 449 g/mol. The summed E-state index contributed by atoms with van der Waals surface area (Å²) < 4.78 is 6.00. The molecular formula is C25H21ClN2O2S. The zero-order valence-corrected chi connectivity index (χ0v) is 18.5. The highest BCUT2D eigenvalue weighted by Crippen LogP contribution is 2.32. The number of amides is 1. The number of hydrogen-bond acceptors (Lipinski definition) is 4. The number of aliphatic imine (C=N–C) groups is 1. The number of carbonyl (C=O) groups excluding carboxylic acids is 1. The molecule has 0 aromatic heterocycles. The van der Waals surface area contributed by atoms with Crippen molar-refractivity contribution in [2.24, 2.45) is 4.99 Å². The molecule has 1 heterocycles. The van der Waals surface area contributed by atoms with E-state index in [-0.39, 0.29) is 5.91 Å². The highest BCUT2D eigenvalue weighted by molar-refractivity contribution is 8.18. The molecule has 156 valence electrons. The molecule has 1 aliphatic heterocycles. The molecule has 0 aliphatic carbocycles. The van der Waals surface area contributed by atoms with Crippen molar-refractivity contribution in [1.29, 1.82) is 0 Å². The number of amidine groups is 1. The summed E-state index contributed by atoms with van der Waals surface area (Å²) >= 11 is 7.56. The summed E-state index contributed by atoms with van der Waals surface area (Å²) in [6.45, 7) is 2.43. The number of hydrogen-bond donors (Lipinski definition) is 1. The third-order valence-electron chi connectivity index (χ3n) is 4.79. The fourth-order valence-electron chi connectivity index (χ4n) is 3.15. The molecule has 3 aromatic rings. The number of carbonyl (C=O) groups is 1. The van der Waals surface area contributed by atoms with E-state index in [1.165, 1.54) is 11.8 Å². The topological polar surface area (TPSA) is 50.7 Å². The van der Waals surface area contributed by atoms with Crippen LogP contribution in [0, 0.1) is 0 Å². The predicted octanol–water partition coefficient (Wildman–Crippen LogP) is 6.37. The molecule has 1 aliphatic rings. The van der Waals surface area contributed by atoms with Crippen molar-refractivity contribution >= 4 is 46.2 Å². The van der Waals surface area contributed by atoms with Crippen LogP contribution in [0.15, 0.2) is 82.7 Å². The lowest BCUT2D eigenvalue weighted by molar-refractivity contribution is -0.115. The predicted molar refractivity (Wildman–Crippen MR) is 129 cm³/mol. The van der Waals surface area contributed by atoms with Gasteiger partial charge in [0.15, 0.2) is 5.17 Å². The number of ether oxygens (including phenoxy) is 1. The molecule has 0 radical (unpaired) electrons. The van der Waals surface area contributed by atoms with Gasteiger partial charge in [-0.2, -0.15) is 0 Å². The third-order valence-corrected chi connectivity index (χ3v) is 6.07. The van der Waals surface area contributed by atoms with Gasteiger partial charge in [0.1, 0.15) is 12.4 Å². The summed E-state index contributed by atoms with van der Waals surface area (Å²) in [5.41, 5.74) is 3.74. The molecule has 4 rings (SSSR count). The van der Waals surface area contributed by atoms with Gasteiger partial charge in [-0.15, -0.1) is 0 Å². The van der Waals surface area contributed by atoms with E-state index in [1.54, 1.807) is 0 Å². The third kappa shape index (κ3) is 5.19. The zero-order chi connectivity index (χ0) is 21.6. The first-order valence-electron chi connectivity index (χ1n) is 9.96. The second-order valence-corrected chi connectivity index (χ2v) is 8.32. The highest BCUT2D eigenvalue weighted by atomic mass is 35.5. The van der Waals surface area contributed by atoms with Gasteiger partial charge in [0.05, 0.1) is 10.6 Å². The summed E-state index contributed by atoms with van der Waals surface area (Å²) in [5.74, 6) is 0.517. The number of rotatable bonds is 6. The minimum atomic E-state index is -0.168. The molecule has 0 saturated carbocycles. The van der Waals surface area contributed by atoms with Crippen molar-refractivity contribution in [2.75, 3.05) is 0 Å². The van der Waals surface area contributed by atoms with E-state index >= 15 is 0 Å². The maximum Gasteiger partial charge on any atom is 0.264 e. The summed E-state index contributed by atoms with van der Waals surface area (Å²) in [5, 5.41) is 4.10. The van der Waals surface area contributed by atoms with Crippen molar-refractivity contribution in [1.82, 2.24) is 5.32 Å². The van der Waals surface area contributed by atoms with Crippen LogP contribution >= 0.6 is 23.4 Å². The first-order chi connectivity index (χ1) is 15.1. The number of benzene rings is 3. The normalized spacial score (nSPS) is 16.0. The second-order valence-electron chi connectivity index (χ2n) is 6.88. The number of nitrogens with zero attached hydrogens (tertiary/aromatic N) is 1. The lowest BCUT2D eigenvalue weighted by atomic mass is 10.1. The van der Waals surface area contributed by atoms with Crippen LogP contribution in [0.4, 0.5) is 5.69 Å². The Kier molecular flexibility index (Phi) is 6.75. The van der Waals surface area contributed by atoms with Crippen molar-refractivity contribution in [2.45, 2.75) is 20.0 Å². The van der Waals surface area contributed by atoms with E-state index in [0.717, 1.165) is 28.8 Å². The van der Waals surface area contributed by atoms with Crippen LogP contribution in [-0.2, 0) is 17.8 Å². The van der Waals surface area contributed by atoms with Crippen LogP contribution in [0.25, 0.3) is 6.08 Å². The molecule has 0 unspecified atom stereocenters. The molecular weight excluding hydrogens is 428 g/mol. The maximum absolute atomic E-state index is 12.5. The van der Waals surface area contributed by atoms with E-state index in [0.29, 0.717) is 27.5 Å². The van der Waals surface area contributed by atoms with Crippen LogP contribution in [-0.4, -0.2) is 11.1 Å². The van der Waals surface area contributed by atoms with Gasteiger partial charge < -0.3 is 10.1 Å². The van der Waals surface area contributed by atoms with Gasteiger partial charge in [0.25, 0.3) is 5.91 Å². The number of para-hydroxylation sites is 2. The maximum atomic E-state index is 12.5. The summed E-state index contributed by atoms with van der Waals surface area (Å²) in [7, 11) is 0. The fraction of sp³-hybridized carbons (Fsp3) is 0.120. The van der Waals surface area contributed by atoms with Crippen molar-refractivity contribution < 1.29 is 9.53 Å². The molecule has 0 atom stereocenters. The Bertz CT molecular complexity index is 1170. The quantitative estimate of drug-likeness (QED) is 0.445. The number of thioether (sulfide) groups is 1. The SMILES string of the molecule is CCc1ccccc1N=C1NC(=O)C(=Cc2ccccc2OCc2ccccc2Cl)S1. The fourth-order valence-corrected chi connectivity index (χ4v) is 4.17. The smallest absolute Gasteiger partial charge is 0.264 e. The van der Waals surface area contributed by atoms with Crippen LogP contribution in [0.2, 0.25) is 5.02 Å². The molecule has 6 heteroatoms. The van der Waals surface area contributed by atoms with Gasteiger partial charge in [-0.05, 0) is 48.0 Å². The molecule has 0 bridgehead atoms. The Morgan fingerprint density at radius 2 is 1.71 bits per heavy atom. The molecule has 3 aromatic carbocycles. The van der Waals surface area contributed by atoms with Gasteiger partial charge >= 0.3 is 0 Å². The number of halogens is 1. The Labute approximate surface area is 191 Å². The largest absolute Gasteiger partial charge is 0.488 e. The lowest BCUT2D eigenvalue weighted by Gasteiger charge is -2.10. The molecule has 1 amide bonds. The Balaban J connectivity index is 1.54. The molecule has 0 spiro atoms. The standard InChI is InChI=1S/C25H21ClN2O2S/c1-2-17-9-4-7-13-21(17)27-25-28-24(29)23(31-25)15-18-10-5-8-14-22(18)30-16-19-11-3-6-12-20(19)26/h3-15H,2,16H2,1H3,(H,27,28,29). The van der Waals surface area contributed by atoms with E-state index in [1.807, 2.05) is 78.9 Å². The van der Waals surface area contributed by atoms with Crippen LogP contribution < -0.4 is 10.1 Å². The minimum absolute atomic E-state index is 0.168. The van der Waals surface area contributed by atoms with Crippen molar-refractivity contribution in [3.05, 3.63) is 99.4 Å². The Morgan fingerprint density at radius 3 is 2.52 bits per heavy atom. The zero-order valence-electron chi connectivity index (χ0n) is 17.0. The number of aryl methyl sites for hydroxylation is 1. The van der Waals surface area contributed by atoms with E-state index in [2.05, 4.69) is 17.2 Å². The summed E-state index contributed by atoms with van der Waals surface area (Å²) in [6.07, 6.45) is 2.71. The van der Waals surface area contributed by atoms with Gasteiger partial charge in [0.2, 0.25) is 0 Å². The molecule has 31 heavy (non-hydrogen) atoms. The van der Waals surface area contributed by atoms with Crippen molar-refractivity contribution in [3.8, 4) is 5.75 Å². The first kappa shape index (κ1) is 21.2. The molecule has 1 saturated heterocycles. The number of nitrogens with one attached hydrogen (secondary N) is 1. The Hall–Kier alpha value is -3.02. The van der Waals surface area contributed by atoms with Crippen LogP contribution in [0.3, 0.4) is 0 Å². The van der Waals surface area contributed by atoms with E-state index in [4.69, 9.17) is 16.3 Å². The second kappa shape index (κ2) is 9.86. The Morgan fingerprint density at radius 1 is 1.00 bits per heavy atom. The molecule has 4 nitrogen and oxygen atoms in total. The summed E-state index contributed by atoms with van der Waals surface area (Å²) in [4.78, 5) is 17.7. The van der Waals surface area contributed by atoms with Crippen molar-refractivity contribution in [3.63, 3.8) is 0 Å². The lowest BCUT2D eigenvalue weighted by Crippen LogP contribution is -2.19. The minimum Gasteiger partial charge on any atom is -0.488 e. The van der Waals surface area contributed by atoms with Gasteiger partial charge in [-0.1, -0.05) is 73.1 Å². The van der Waals surface area contributed by atoms with E-state index in [9.17, 15) is 4.79 Å². The molecule has 1 fully saturated rings. The summed E-state index contributed by atoms with van der Waals surface area (Å²) in [6, 6.07) is 23.1. The van der Waals surface area contributed by atoms with Crippen LogP contribution in [0.1, 0.15) is 23.6 Å². The average Bonchev–Trinajstić information content (AvgIpc) is 3.13. The van der Waals surface area contributed by atoms with Gasteiger partial charge in [0, 0.05) is 16.1 Å². The molecule has 1 N–H and O–H groups in total. The van der Waals surface area contributed by atoms with Crippen LogP contribution in [0.5, 0.6) is 5.75 Å².